The maximum atomic E-state index is 12.6. The fraction of sp³-hybridized carbons (Fsp3) is 0.385. The lowest BCUT2D eigenvalue weighted by atomic mass is 10.1. The molecule has 34 heavy (non-hydrogen) atoms. The zero-order valence-electron chi connectivity index (χ0n) is 19.0. The number of hydrogen-bond donors (Lipinski definition) is 1. The van der Waals surface area contributed by atoms with E-state index in [2.05, 4.69) is 20.2 Å². The van der Waals surface area contributed by atoms with Gasteiger partial charge in [-0.1, -0.05) is 0 Å². The van der Waals surface area contributed by atoms with Crippen molar-refractivity contribution in [2.24, 2.45) is 5.92 Å². The molecule has 0 radical (unpaired) electrons. The van der Waals surface area contributed by atoms with Crippen molar-refractivity contribution in [1.29, 1.82) is 0 Å². The second kappa shape index (κ2) is 10.4. The van der Waals surface area contributed by atoms with E-state index in [1.54, 1.807) is 17.8 Å². The molecular formula is C26H28N4O3S. The number of ether oxygens (including phenoxy) is 1. The van der Waals surface area contributed by atoms with Gasteiger partial charge in [-0.15, -0.1) is 11.3 Å². The Bertz CT molecular complexity index is 1130. The van der Waals surface area contributed by atoms with Crippen LogP contribution in [0, 0.1) is 5.92 Å². The van der Waals surface area contributed by atoms with Gasteiger partial charge in [-0.05, 0) is 62.1 Å². The SMILES string of the molecule is O=C(N[C@@H]1CCN(CCCOc2ccc(C(=O)C3CC3)cc2)C1)c1csc(-c2cccnc2)n1. The minimum Gasteiger partial charge on any atom is -0.494 e. The van der Waals surface area contributed by atoms with Gasteiger partial charge in [-0.3, -0.25) is 14.6 Å². The molecule has 1 aliphatic carbocycles. The number of benzene rings is 1. The molecule has 0 unspecified atom stereocenters. The van der Waals surface area contributed by atoms with Gasteiger partial charge >= 0.3 is 0 Å². The zero-order valence-corrected chi connectivity index (χ0v) is 19.8. The first kappa shape index (κ1) is 22.7. The lowest BCUT2D eigenvalue weighted by Gasteiger charge is -2.16. The van der Waals surface area contributed by atoms with Gasteiger partial charge in [-0.2, -0.15) is 0 Å². The van der Waals surface area contributed by atoms with Crippen molar-refractivity contribution in [3.8, 4) is 16.3 Å². The highest BCUT2D eigenvalue weighted by molar-refractivity contribution is 7.13. The van der Waals surface area contributed by atoms with Crippen LogP contribution in [0.3, 0.4) is 0 Å². The highest BCUT2D eigenvalue weighted by Gasteiger charge is 2.30. The third kappa shape index (κ3) is 5.69. The normalized spacial score (nSPS) is 18.1. The standard InChI is InChI=1S/C26H28N4O3S/c31-24(18-4-5-18)19-6-8-22(9-7-19)33-14-2-12-30-13-10-21(16-30)28-25(32)23-17-34-26(29-23)20-3-1-11-27-15-20/h1,3,6-9,11,15,17-18,21H,2,4-5,10,12-14,16H2,(H,28,32)/t21-/m1/s1. The van der Waals surface area contributed by atoms with Crippen molar-refractivity contribution >= 4 is 23.0 Å². The lowest BCUT2D eigenvalue weighted by Crippen LogP contribution is -2.37. The monoisotopic (exact) mass is 476 g/mol. The molecule has 3 heterocycles. The van der Waals surface area contributed by atoms with E-state index in [9.17, 15) is 9.59 Å². The summed E-state index contributed by atoms with van der Waals surface area (Å²) < 4.78 is 5.85. The van der Waals surface area contributed by atoms with Crippen molar-refractivity contribution in [2.75, 3.05) is 26.2 Å². The van der Waals surface area contributed by atoms with E-state index in [1.807, 2.05) is 36.4 Å². The molecule has 2 aliphatic rings. The highest BCUT2D eigenvalue weighted by atomic mass is 32.1. The third-order valence-corrected chi connectivity index (χ3v) is 7.12. The molecule has 2 aromatic heterocycles. The van der Waals surface area contributed by atoms with Crippen molar-refractivity contribution in [2.45, 2.75) is 31.7 Å². The number of Topliss-reactive ketones (excluding diaryl/α,β-unsaturated/α-hetero) is 1. The molecule has 3 aromatic rings. The Morgan fingerprint density at radius 2 is 2.00 bits per heavy atom. The second-order valence-electron chi connectivity index (χ2n) is 8.90. The van der Waals surface area contributed by atoms with Crippen LogP contribution >= 0.6 is 11.3 Å². The van der Waals surface area contributed by atoms with Crippen LogP contribution in [-0.4, -0.2) is 58.8 Å². The van der Waals surface area contributed by atoms with Crippen molar-refractivity contribution in [3.05, 3.63) is 65.4 Å². The Balaban J connectivity index is 1.01. The van der Waals surface area contributed by atoms with Crippen LogP contribution in [-0.2, 0) is 0 Å². The predicted molar refractivity (Wildman–Crippen MR) is 131 cm³/mol. The Labute approximate surface area is 203 Å². The van der Waals surface area contributed by atoms with Gasteiger partial charge in [-0.25, -0.2) is 4.98 Å². The van der Waals surface area contributed by atoms with Crippen molar-refractivity contribution < 1.29 is 14.3 Å². The molecule has 5 rings (SSSR count). The average Bonchev–Trinajstić information content (AvgIpc) is 3.43. The van der Waals surface area contributed by atoms with Crippen LogP contribution in [0.2, 0.25) is 0 Å². The first-order chi connectivity index (χ1) is 16.7. The van der Waals surface area contributed by atoms with E-state index in [0.29, 0.717) is 12.3 Å². The van der Waals surface area contributed by atoms with E-state index in [1.165, 1.54) is 11.3 Å². The molecule has 8 heteroatoms. The fourth-order valence-corrected chi connectivity index (χ4v) is 4.98. The number of likely N-dealkylation sites (tertiary alicyclic amines) is 1. The molecule has 0 bridgehead atoms. The Kier molecular flexibility index (Phi) is 6.97. The second-order valence-corrected chi connectivity index (χ2v) is 9.76. The summed E-state index contributed by atoms with van der Waals surface area (Å²) in [4.78, 5) is 35.7. The van der Waals surface area contributed by atoms with Gasteiger partial charge in [0.2, 0.25) is 0 Å². The molecule has 1 aliphatic heterocycles. The summed E-state index contributed by atoms with van der Waals surface area (Å²) in [7, 11) is 0. The minimum absolute atomic E-state index is 0.120. The summed E-state index contributed by atoms with van der Waals surface area (Å²) in [5, 5.41) is 5.73. The van der Waals surface area contributed by atoms with Crippen molar-refractivity contribution in [1.82, 2.24) is 20.2 Å². The Morgan fingerprint density at radius 1 is 1.15 bits per heavy atom. The quantitative estimate of drug-likeness (QED) is 0.351. The molecule has 7 nitrogen and oxygen atoms in total. The van der Waals surface area contributed by atoms with Gasteiger partial charge in [0.05, 0.1) is 6.61 Å². The smallest absolute Gasteiger partial charge is 0.271 e. The Hall–Kier alpha value is -3.10. The zero-order chi connectivity index (χ0) is 23.3. The van der Waals surface area contributed by atoms with E-state index in [0.717, 1.165) is 67.2 Å². The number of amides is 1. The lowest BCUT2D eigenvalue weighted by molar-refractivity contribution is 0.0931. The fourth-order valence-electron chi connectivity index (χ4n) is 4.19. The van der Waals surface area contributed by atoms with Gasteiger partial charge < -0.3 is 15.0 Å². The summed E-state index contributed by atoms with van der Waals surface area (Å²) in [6.45, 7) is 3.34. The number of carbonyl (C=O) groups excluding carboxylic acids is 2. The maximum absolute atomic E-state index is 12.6. The van der Waals surface area contributed by atoms with Crippen LogP contribution in [0.25, 0.3) is 10.6 Å². The highest BCUT2D eigenvalue weighted by Crippen LogP contribution is 2.33. The number of aromatic nitrogens is 2. The van der Waals surface area contributed by atoms with E-state index in [4.69, 9.17) is 4.74 Å². The van der Waals surface area contributed by atoms with E-state index < -0.39 is 0 Å². The first-order valence-electron chi connectivity index (χ1n) is 11.8. The van der Waals surface area contributed by atoms with Crippen molar-refractivity contribution in [3.63, 3.8) is 0 Å². The molecule has 1 amide bonds. The Morgan fingerprint density at radius 3 is 2.76 bits per heavy atom. The summed E-state index contributed by atoms with van der Waals surface area (Å²) in [5.41, 5.74) is 2.16. The molecule has 0 spiro atoms. The van der Waals surface area contributed by atoms with Gasteiger partial charge in [0.15, 0.2) is 5.78 Å². The van der Waals surface area contributed by atoms with Crippen LogP contribution in [0.4, 0.5) is 0 Å². The summed E-state index contributed by atoms with van der Waals surface area (Å²) in [6, 6.07) is 11.4. The predicted octanol–water partition coefficient (Wildman–Crippen LogP) is 4.07. The number of nitrogens with zero attached hydrogens (tertiary/aromatic N) is 3. The molecule has 1 aromatic carbocycles. The number of rotatable bonds is 10. The number of pyridine rings is 1. The maximum Gasteiger partial charge on any atom is 0.271 e. The molecule has 1 saturated heterocycles. The summed E-state index contributed by atoms with van der Waals surface area (Å²) >= 11 is 1.45. The minimum atomic E-state index is -0.120. The number of nitrogens with one attached hydrogen (secondary N) is 1. The van der Waals surface area contributed by atoms with E-state index >= 15 is 0 Å². The van der Waals surface area contributed by atoms with Crippen LogP contribution in [0.5, 0.6) is 5.75 Å². The topological polar surface area (TPSA) is 84.4 Å². The largest absolute Gasteiger partial charge is 0.494 e. The van der Waals surface area contributed by atoms with Crippen LogP contribution in [0.15, 0.2) is 54.2 Å². The number of ketones is 1. The van der Waals surface area contributed by atoms with E-state index in [-0.39, 0.29) is 23.7 Å². The van der Waals surface area contributed by atoms with Gasteiger partial charge in [0.25, 0.3) is 5.91 Å². The number of hydrogen-bond acceptors (Lipinski definition) is 7. The number of thiazole rings is 1. The molecular weight excluding hydrogens is 448 g/mol. The molecule has 2 fully saturated rings. The molecule has 176 valence electrons. The first-order valence-corrected chi connectivity index (χ1v) is 12.7. The average molecular weight is 477 g/mol. The van der Waals surface area contributed by atoms with Gasteiger partial charge in [0.1, 0.15) is 16.5 Å². The molecule has 1 N–H and O–H groups in total. The summed E-state index contributed by atoms with van der Waals surface area (Å²) in [5.74, 6) is 1.18. The number of carbonyl (C=O) groups is 2. The van der Waals surface area contributed by atoms with Crippen LogP contribution < -0.4 is 10.1 Å². The van der Waals surface area contributed by atoms with Crippen LogP contribution in [0.1, 0.15) is 46.5 Å². The third-order valence-electron chi connectivity index (χ3n) is 6.23. The van der Waals surface area contributed by atoms with Gasteiger partial charge in [0, 0.05) is 60.5 Å². The molecule has 1 atom stereocenters. The molecule has 1 saturated carbocycles. The summed E-state index contributed by atoms with van der Waals surface area (Å²) in [6.07, 6.45) is 7.36.